The van der Waals surface area contributed by atoms with E-state index in [9.17, 15) is 14.7 Å². The van der Waals surface area contributed by atoms with Crippen LogP contribution in [0.1, 0.15) is 32.5 Å². The molecule has 3 heterocycles. The maximum atomic E-state index is 11.9. The van der Waals surface area contributed by atoms with Gasteiger partial charge in [-0.15, -0.1) is 0 Å². The van der Waals surface area contributed by atoms with Crippen LogP contribution >= 0.6 is 0 Å². The second-order valence-corrected chi connectivity index (χ2v) is 7.43. The van der Waals surface area contributed by atoms with Crippen LogP contribution in [-0.2, 0) is 22.6 Å². The molecule has 1 amide bonds. The summed E-state index contributed by atoms with van der Waals surface area (Å²) < 4.78 is 5.24. The Balaban J connectivity index is 1.67. The summed E-state index contributed by atoms with van der Waals surface area (Å²) in [6.45, 7) is 7.96. The molecule has 1 aromatic rings. The van der Waals surface area contributed by atoms with E-state index in [0.29, 0.717) is 43.8 Å². The molecule has 8 nitrogen and oxygen atoms in total. The number of likely N-dealkylation sites (tertiary alicyclic amines) is 2. The Morgan fingerprint density at radius 1 is 1.38 bits per heavy atom. The number of hydrogen-bond donors (Lipinski definition) is 1. The number of hydrogen-bond acceptors (Lipinski definition) is 6. The van der Waals surface area contributed by atoms with E-state index in [1.165, 1.54) is 6.92 Å². The number of carboxylic acids is 1. The third-order valence-electron chi connectivity index (χ3n) is 5.01. The first-order chi connectivity index (χ1) is 11.3. The van der Waals surface area contributed by atoms with Crippen molar-refractivity contribution < 1.29 is 19.2 Å². The predicted molar refractivity (Wildman–Crippen MR) is 83.9 cm³/mol. The molecule has 24 heavy (non-hydrogen) atoms. The lowest BCUT2D eigenvalue weighted by Crippen LogP contribution is -2.41. The standard InChI is InChI=1S/C16H24N4O4/c1-10(2)4-14-17-13(18-24-14)7-19-5-12-6-20(11(3)21)9-16(12,8-19)15(22)23/h10,12H,4-9H2,1-3H3,(H,22,23)/t12-,16-/m1/s1. The Hall–Kier alpha value is -1.96. The highest BCUT2D eigenvalue weighted by atomic mass is 16.5. The van der Waals surface area contributed by atoms with Crippen LogP contribution in [0.4, 0.5) is 0 Å². The maximum absolute atomic E-state index is 11.9. The molecule has 0 spiro atoms. The number of carbonyl (C=O) groups is 2. The normalized spacial score (nSPS) is 27.0. The van der Waals surface area contributed by atoms with Gasteiger partial charge in [0.2, 0.25) is 11.8 Å². The van der Waals surface area contributed by atoms with E-state index in [4.69, 9.17) is 4.52 Å². The summed E-state index contributed by atoms with van der Waals surface area (Å²) in [5, 5.41) is 13.7. The van der Waals surface area contributed by atoms with Crippen LogP contribution in [0, 0.1) is 17.3 Å². The van der Waals surface area contributed by atoms with E-state index in [2.05, 4.69) is 28.9 Å². The molecule has 132 valence electrons. The predicted octanol–water partition coefficient (Wildman–Crippen LogP) is 0.633. The highest BCUT2D eigenvalue weighted by Crippen LogP contribution is 2.43. The number of rotatable bonds is 5. The molecular formula is C16H24N4O4. The van der Waals surface area contributed by atoms with Crippen molar-refractivity contribution in [2.75, 3.05) is 26.2 Å². The van der Waals surface area contributed by atoms with Crippen molar-refractivity contribution in [1.82, 2.24) is 19.9 Å². The highest BCUT2D eigenvalue weighted by molar-refractivity contribution is 5.80. The second kappa shape index (κ2) is 6.16. The van der Waals surface area contributed by atoms with Crippen molar-refractivity contribution in [2.24, 2.45) is 17.3 Å². The molecule has 0 aliphatic carbocycles. The van der Waals surface area contributed by atoms with Crippen LogP contribution in [0.3, 0.4) is 0 Å². The number of fused-ring (bicyclic) bond motifs is 1. The molecule has 0 saturated carbocycles. The number of carboxylic acid groups (broad SMARTS) is 1. The van der Waals surface area contributed by atoms with Gasteiger partial charge in [0.1, 0.15) is 5.41 Å². The van der Waals surface area contributed by atoms with Gasteiger partial charge in [0, 0.05) is 45.4 Å². The van der Waals surface area contributed by atoms with Crippen molar-refractivity contribution in [2.45, 2.75) is 33.7 Å². The monoisotopic (exact) mass is 336 g/mol. The van der Waals surface area contributed by atoms with Gasteiger partial charge < -0.3 is 14.5 Å². The fourth-order valence-electron chi connectivity index (χ4n) is 3.82. The van der Waals surface area contributed by atoms with Crippen molar-refractivity contribution >= 4 is 11.9 Å². The lowest BCUT2D eigenvalue weighted by atomic mass is 9.81. The van der Waals surface area contributed by atoms with Crippen molar-refractivity contribution in [1.29, 1.82) is 0 Å². The Bertz CT molecular complexity index is 644. The first-order valence-electron chi connectivity index (χ1n) is 8.33. The van der Waals surface area contributed by atoms with E-state index in [1.54, 1.807) is 4.90 Å². The third kappa shape index (κ3) is 3.02. The summed E-state index contributed by atoms with van der Waals surface area (Å²) in [7, 11) is 0. The molecule has 2 saturated heterocycles. The van der Waals surface area contributed by atoms with E-state index in [-0.39, 0.29) is 18.4 Å². The molecule has 8 heteroatoms. The smallest absolute Gasteiger partial charge is 0.313 e. The summed E-state index contributed by atoms with van der Waals surface area (Å²) in [4.78, 5) is 31.6. The van der Waals surface area contributed by atoms with E-state index in [1.807, 2.05) is 0 Å². The Kier molecular flexibility index (Phi) is 4.33. The third-order valence-corrected chi connectivity index (χ3v) is 5.01. The first kappa shape index (κ1) is 16.9. The quantitative estimate of drug-likeness (QED) is 0.842. The summed E-state index contributed by atoms with van der Waals surface area (Å²) in [6.07, 6.45) is 0.738. The van der Waals surface area contributed by atoms with E-state index in [0.717, 1.165) is 6.42 Å². The molecule has 2 atom stereocenters. The molecule has 2 aliphatic heterocycles. The molecular weight excluding hydrogens is 312 g/mol. The first-order valence-corrected chi connectivity index (χ1v) is 8.33. The number of aromatic nitrogens is 2. The van der Waals surface area contributed by atoms with Crippen molar-refractivity contribution in [3.05, 3.63) is 11.7 Å². The van der Waals surface area contributed by atoms with E-state index < -0.39 is 11.4 Å². The van der Waals surface area contributed by atoms with Crippen LogP contribution in [0.15, 0.2) is 4.52 Å². The van der Waals surface area contributed by atoms with E-state index >= 15 is 0 Å². The fourth-order valence-corrected chi connectivity index (χ4v) is 3.82. The summed E-state index contributed by atoms with van der Waals surface area (Å²) in [5.41, 5.74) is -0.879. The molecule has 2 fully saturated rings. The average molecular weight is 336 g/mol. The van der Waals surface area contributed by atoms with Gasteiger partial charge in [0.05, 0.1) is 6.54 Å². The molecule has 0 radical (unpaired) electrons. The van der Waals surface area contributed by atoms with Gasteiger partial charge in [-0.1, -0.05) is 19.0 Å². The zero-order valence-electron chi connectivity index (χ0n) is 14.4. The van der Waals surface area contributed by atoms with Gasteiger partial charge in [-0.05, 0) is 5.92 Å². The van der Waals surface area contributed by atoms with Gasteiger partial charge in [0.15, 0.2) is 5.82 Å². The topological polar surface area (TPSA) is 99.8 Å². The van der Waals surface area contributed by atoms with Crippen LogP contribution in [-0.4, -0.2) is 63.1 Å². The minimum Gasteiger partial charge on any atom is -0.481 e. The molecule has 0 unspecified atom stereocenters. The zero-order valence-corrected chi connectivity index (χ0v) is 14.4. The molecule has 3 rings (SSSR count). The van der Waals surface area contributed by atoms with Gasteiger partial charge in [0.25, 0.3) is 0 Å². The minimum atomic E-state index is -0.879. The molecule has 1 N–H and O–H groups in total. The Labute approximate surface area is 140 Å². The van der Waals surface area contributed by atoms with Crippen LogP contribution in [0.2, 0.25) is 0 Å². The number of aliphatic carboxylic acids is 1. The second-order valence-electron chi connectivity index (χ2n) is 7.43. The summed E-state index contributed by atoms with van der Waals surface area (Å²) in [5.74, 6) is 0.711. The maximum Gasteiger partial charge on any atom is 0.313 e. The Morgan fingerprint density at radius 3 is 2.71 bits per heavy atom. The number of nitrogens with zero attached hydrogens (tertiary/aromatic N) is 4. The highest BCUT2D eigenvalue weighted by Gasteiger charge is 2.58. The van der Waals surface area contributed by atoms with Gasteiger partial charge in [-0.25, -0.2) is 0 Å². The number of amides is 1. The Morgan fingerprint density at radius 2 is 2.12 bits per heavy atom. The lowest BCUT2D eigenvalue weighted by Gasteiger charge is -2.24. The fraction of sp³-hybridized carbons (Fsp3) is 0.750. The minimum absolute atomic E-state index is 0.0547. The van der Waals surface area contributed by atoms with Crippen LogP contribution in [0.25, 0.3) is 0 Å². The van der Waals surface area contributed by atoms with Crippen molar-refractivity contribution in [3.8, 4) is 0 Å². The largest absolute Gasteiger partial charge is 0.481 e. The summed E-state index contributed by atoms with van der Waals surface area (Å²) >= 11 is 0. The molecule has 0 aromatic carbocycles. The molecule has 2 aliphatic rings. The summed E-state index contributed by atoms with van der Waals surface area (Å²) in [6, 6.07) is 0. The van der Waals surface area contributed by atoms with Crippen LogP contribution < -0.4 is 0 Å². The molecule has 1 aromatic heterocycles. The van der Waals surface area contributed by atoms with Gasteiger partial charge >= 0.3 is 5.97 Å². The van der Waals surface area contributed by atoms with Gasteiger partial charge in [-0.2, -0.15) is 4.98 Å². The average Bonchev–Trinajstić information content (AvgIpc) is 3.11. The number of carbonyl (C=O) groups excluding carboxylic acids is 1. The molecule has 0 bridgehead atoms. The SMILES string of the molecule is CC(=O)N1C[C@H]2CN(Cc3noc(CC(C)C)n3)C[C@@]2(C(=O)O)C1. The van der Waals surface area contributed by atoms with Crippen LogP contribution in [0.5, 0.6) is 0 Å². The lowest BCUT2D eigenvalue weighted by molar-refractivity contribution is -0.149. The van der Waals surface area contributed by atoms with Gasteiger partial charge in [-0.3, -0.25) is 14.5 Å². The zero-order chi connectivity index (χ0) is 17.5. The van der Waals surface area contributed by atoms with Crippen molar-refractivity contribution in [3.63, 3.8) is 0 Å².